The lowest BCUT2D eigenvalue weighted by Crippen LogP contribution is -2.07. The predicted octanol–water partition coefficient (Wildman–Crippen LogP) is 4.38. The average Bonchev–Trinajstić information content (AvgIpc) is 2.40. The molecule has 0 aliphatic rings. The van der Waals surface area contributed by atoms with E-state index in [9.17, 15) is 13.2 Å². The van der Waals surface area contributed by atoms with E-state index in [0.29, 0.717) is 28.9 Å². The Kier molecular flexibility index (Phi) is 4.37. The molecule has 0 atom stereocenters. The van der Waals surface area contributed by atoms with Crippen LogP contribution in [0.4, 0.5) is 19.0 Å². The van der Waals surface area contributed by atoms with Crippen LogP contribution in [0.2, 0.25) is 5.15 Å². The molecule has 112 valence electrons. The van der Waals surface area contributed by atoms with Gasteiger partial charge in [-0.3, -0.25) is 0 Å². The summed E-state index contributed by atoms with van der Waals surface area (Å²) < 4.78 is 37.4. The van der Waals surface area contributed by atoms with Crippen LogP contribution >= 0.6 is 11.6 Å². The quantitative estimate of drug-likeness (QED) is 0.854. The molecule has 3 nitrogen and oxygen atoms in total. The number of nitrogens with one attached hydrogen (secondary N) is 1. The summed E-state index contributed by atoms with van der Waals surface area (Å²) in [6, 6.07) is 4.98. The molecule has 0 aliphatic heterocycles. The lowest BCUT2D eigenvalue weighted by molar-refractivity contribution is -0.137. The fourth-order valence-electron chi connectivity index (χ4n) is 1.76. The lowest BCUT2D eigenvalue weighted by atomic mass is 10.1. The molecule has 1 N–H and O–H groups in total. The molecule has 7 heteroatoms. The summed E-state index contributed by atoms with van der Waals surface area (Å²) in [4.78, 5) is 8.24. The Morgan fingerprint density at radius 1 is 1.10 bits per heavy atom. The first-order chi connectivity index (χ1) is 9.77. The van der Waals surface area contributed by atoms with E-state index < -0.39 is 11.7 Å². The van der Waals surface area contributed by atoms with Gasteiger partial charge in [0.15, 0.2) is 0 Å². The van der Waals surface area contributed by atoms with Crippen molar-refractivity contribution in [3.05, 3.63) is 51.9 Å². The zero-order chi connectivity index (χ0) is 15.6. The first-order valence-electron chi connectivity index (χ1n) is 6.18. The number of alkyl halides is 3. The average molecular weight is 316 g/mol. The monoisotopic (exact) mass is 315 g/mol. The van der Waals surface area contributed by atoms with Crippen LogP contribution in [0.25, 0.3) is 0 Å². The number of rotatable bonds is 3. The van der Waals surface area contributed by atoms with E-state index in [0.717, 1.165) is 17.7 Å². The molecule has 0 fully saturated rings. The third-order valence-electron chi connectivity index (χ3n) is 2.94. The summed E-state index contributed by atoms with van der Waals surface area (Å²) >= 11 is 5.96. The van der Waals surface area contributed by atoms with Crippen LogP contribution in [0, 0.1) is 13.8 Å². The second-order valence-corrected chi connectivity index (χ2v) is 4.94. The fourth-order valence-corrected chi connectivity index (χ4v) is 1.98. The van der Waals surface area contributed by atoms with E-state index in [2.05, 4.69) is 15.3 Å². The Labute approximate surface area is 125 Å². The molecule has 1 heterocycles. The van der Waals surface area contributed by atoms with Crippen molar-refractivity contribution in [3.63, 3.8) is 0 Å². The van der Waals surface area contributed by atoms with Gasteiger partial charge in [-0.05, 0) is 31.5 Å². The maximum absolute atomic E-state index is 12.5. The number of aromatic nitrogens is 2. The first kappa shape index (κ1) is 15.6. The van der Waals surface area contributed by atoms with Gasteiger partial charge in [0, 0.05) is 12.1 Å². The Morgan fingerprint density at radius 2 is 1.71 bits per heavy atom. The van der Waals surface area contributed by atoms with E-state index in [1.54, 1.807) is 13.8 Å². The van der Waals surface area contributed by atoms with E-state index in [1.165, 1.54) is 12.1 Å². The summed E-state index contributed by atoms with van der Waals surface area (Å²) in [7, 11) is 0. The predicted molar refractivity (Wildman–Crippen MR) is 75.3 cm³/mol. The molecule has 0 amide bonds. The van der Waals surface area contributed by atoms with Gasteiger partial charge in [-0.25, -0.2) is 9.97 Å². The van der Waals surface area contributed by atoms with E-state index >= 15 is 0 Å². The van der Waals surface area contributed by atoms with Crippen LogP contribution in [0.5, 0.6) is 0 Å². The lowest BCUT2D eigenvalue weighted by Gasteiger charge is -2.11. The second kappa shape index (κ2) is 5.89. The molecule has 21 heavy (non-hydrogen) atoms. The van der Waals surface area contributed by atoms with Crippen LogP contribution in [0.1, 0.15) is 22.5 Å². The van der Waals surface area contributed by atoms with Crippen molar-refractivity contribution in [2.45, 2.75) is 26.6 Å². The Morgan fingerprint density at radius 3 is 2.29 bits per heavy atom. The third kappa shape index (κ3) is 3.85. The Balaban J connectivity index is 2.10. The highest BCUT2D eigenvalue weighted by molar-refractivity contribution is 6.30. The van der Waals surface area contributed by atoms with Gasteiger partial charge < -0.3 is 5.32 Å². The molecule has 1 aromatic heterocycles. The summed E-state index contributed by atoms with van der Waals surface area (Å²) in [6.07, 6.45) is -4.32. The van der Waals surface area contributed by atoms with Gasteiger partial charge in [0.1, 0.15) is 16.8 Å². The highest BCUT2D eigenvalue weighted by atomic mass is 35.5. The van der Waals surface area contributed by atoms with Crippen LogP contribution in [0.15, 0.2) is 24.3 Å². The van der Waals surface area contributed by atoms with Crippen molar-refractivity contribution in [2.75, 3.05) is 5.32 Å². The number of halogens is 4. The van der Waals surface area contributed by atoms with Gasteiger partial charge >= 0.3 is 6.18 Å². The molecule has 1 aromatic carbocycles. The molecule has 2 rings (SSSR count). The number of nitrogens with zero attached hydrogens (tertiary/aromatic N) is 2. The van der Waals surface area contributed by atoms with Gasteiger partial charge in [0.05, 0.1) is 5.56 Å². The SMILES string of the molecule is Cc1nc(Cl)c(C)c(NCc2ccc(C(F)(F)F)cc2)n1. The van der Waals surface area contributed by atoms with Gasteiger partial charge in [-0.1, -0.05) is 23.7 Å². The third-order valence-corrected chi connectivity index (χ3v) is 3.31. The van der Waals surface area contributed by atoms with Crippen molar-refractivity contribution in [1.82, 2.24) is 9.97 Å². The number of aryl methyl sites for hydroxylation is 1. The first-order valence-corrected chi connectivity index (χ1v) is 6.56. The molecule has 0 aliphatic carbocycles. The standard InChI is InChI=1S/C14H13ClF3N3/c1-8-12(15)20-9(2)21-13(8)19-7-10-3-5-11(6-4-10)14(16,17)18/h3-6H,7H2,1-2H3,(H,19,20,21). The molecule has 0 radical (unpaired) electrons. The van der Waals surface area contributed by atoms with Gasteiger partial charge in [0.25, 0.3) is 0 Å². The second-order valence-electron chi connectivity index (χ2n) is 4.58. The van der Waals surface area contributed by atoms with Crippen LogP contribution in [-0.4, -0.2) is 9.97 Å². The maximum Gasteiger partial charge on any atom is 0.416 e. The topological polar surface area (TPSA) is 37.8 Å². The largest absolute Gasteiger partial charge is 0.416 e. The molecular weight excluding hydrogens is 303 g/mol. The number of benzene rings is 1. The van der Waals surface area contributed by atoms with Crippen molar-refractivity contribution < 1.29 is 13.2 Å². The van der Waals surface area contributed by atoms with Crippen molar-refractivity contribution >= 4 is 17.4 Å². The summed E-state index contributed by atoms with van der Waals surface area (Å²) in [5, 5.41) is 3.41. The minimum absolute atomic E-state index is 0.353. The molecule has 0 unspecified atom stereocenters. The van der Waals surface area contributed by atoms with Gasteiger partial charge in [-0.15, -0.1) is 0 Å². The van der Waals surface area contributed by atoms with Crippen molar-refractivity contribution in [2.24, 2.45) is 0 Å². The molecule has 0 bridgehead atoms. The smallest absolute Gasteiger partial charge is 0.366 e. The minimum Gasteiger partial charge on any atom is -0.366 e. The summed E-state index contributed by atoms with van der Waals surface area (Å²) in [6.45, 7) is 3.84. The van der Waals surface area contributed by atoms with E-state index in [1.807, 2.05) is 0 Å². The zero-order valence-corrected chi connectivity index (χ0v) is 12.2. The maximum atomic E-state index is 12.5. The number of hydrogen-bond acceptors (Lipinski definition) is 3. The summed E-state index contributed by atoms with van der Waals surface area (Å²) in [5.41, 5.74) is 0.757. The van der Waals surface area contributed by atoms with Crippen molar-refractivity contribution in [3.8, 4) is 0 Å². The van der Waals surface area contributed by atoms with Crippen molar-refractivity contribution in [1.29, 1.82) is 0 Å². The molecule has 0 saturated carbocycles. The van der Waals surface area contributed by atoms with E-state index in [4.69, 9.17) is 11.6 Å². The molecule has 0 spiro atoms. The van der Waals surface area contributed by atoms with Gasteiger partial charge in [-0.2, -0.15) is 13.2 Å². The van der Waals surface area contributed by atoms with Crippen LogP contribution < -0.4 is 5.32 Å². The highest BCUT2D eigenvalue weighted by Gasteiger charge is 2.29. The highest BCUT2D eigenvalue weighted by Crippen LogP contribution is 2.29. The fraction of sp³-hybridized carbons (Fsp3) is 0.286. The van der Waals surface area contributed by atoms with Crippen LogP contribution in [0.3, 0.4) is 0 Å². The van der Waals surface area contributed by atoms with Gasteiger partial charge in [0.2, 0.25) is 0 Å². The van der Waals surface area contributed by atoms with E-state index in [-0.39, 0.29) is 0 Å². The number of hydrogen-bond donors (Lipinski definition) is 1. The molecular formula is C14H13ClF3N3. The minimum atomic E-state index is -4.32. The van der Waals surface area contributed by atoms with Crippen LogP contribution in [-0.2, 0) is 12.7 Å². The molecule has 2 aromatic rings. The Hall–Kier alpha value is -1.82. The Bertz CT molecular complexity index is 639. The molecule has 0 saturated heterocycles. The zero-order valence-electron chi connectivity index (χ0n) is 11.4. The summed E-state index contributed by atoms with van der Waals surface area (Å²) in [5.74, 6) is 1.10. The number of anilines is 1. The normalized spacial score (nSPS) is 11.5.